The Morgan fingerprint density at radius 3 is 2.82 bits per heavy atom. The summed E-state index contributed by atoms with van der Waals surface area (Å²) >= 11 is 0. The number of carbonyl (C=O) groups excluding carboxylic acids is 2. The Morgan fingerprint density at radius 1 is 1.14 bits per heavy atom. The predicted molar refractivity (Wildman–Crippen MR) is 81.4 cm³/mol. The van der Waals surface area contributed by atoms with Gasteiger partial charge in [-0.3, -0.25) is 4.79 Å². The van der Waals surface area contributed by atoms with Gasteiger partial charge in [0, 0.05) is 12.2 Å². The molecule has 3 amide bonds. The predicted octanol–water partition coefficient (Wildman–Crippen LogP) is 1.67. The zero-order chi connectivity index (χ0) is 15.4. The van der Waals surface area contributed by atoms with Gasteiger partial charge in [-0.1, -0.05) is 18.2 Å². The second-order valence-electron chi connectivity index (χ2n) is 5.04. The molecule has 1 aromatic heterocycles. The van der Waals surface area contributed by atoms with E-state index >= 15 is 0 Å². The van der Waals surface area contributed by atoms with Crippen LogP contribution in [0.3, 0.4) is 0 Å². The van der Waals surface area contributed by atoms with E-state index in [0.717, 1.165) is 17.7 Å². The number of furan rings is 1. The van der Waals surface area contributed by atoms with Crippen molar-refractivity contribution in [3.8, 4) is 0 Å². The fraction of sp³-hybridized carbons (Fsp3) is 0.250. The van der Waals surface area contributed by atoms with Gasteiger partial charge in [-0.25, -0.2) is 4.79 Å². The number of amides is 3. The number of hydrogen-bond acceptors (Lipinski definition) is 3. The van der Waals surface area contributed by atoms with Crippen molar-refractivity contribution in [2.75, 3.05) is 18.0 Å². The molecule has 0 atom stereocenters. The molecule has 6 nitrogen and oxygen atoms in total. The smallest absolute Gasteiger partial charge is 0.315 e. The van der Waals surface area contributed by atoms with Crippen LogP contribution in [0.5, 0.6) is 0 Å². The van der Waals surface area contributed by atoms with Crippen molar-refractivity contribution < 1.29 is 14.0 Å². The van der Waals surface area contributed by atoms with Gasteiger partial charge in [-0.2, -0.15) is 0 Å². The summed E-state index contributed by atoms with van der Waals surface area (Å²) in [5.41, 5.74) is 2.10. The van der Waals surface area contributed by atoms with Crippen LogP contribution in [0.4, 0.5) is 10.5 Å². The second kappa shape index (κ2) is 6.34. The zero-order valence-corrected chi connectivity index (χ0v) is 12.0. The number of urea groups is 1. The molecule has 0 aliphatic carbocycles. The molecule has 0 unspecified atom stereocenters. The molecule has 0 saturated heterocycles. The van der Waals surface area contributed by atoms with Crippen LogP contribution < -0.4 is 15.5 Å². The van der Waals surface area contributed by atoms with Crippen molar-refractivity contribution in [1.82, 2.24) is 10.6 Å². The summed E-state index contributed by atoms with van der Waals surface area (Å²) in [7, 11) is 0. The number of carbonyl (C=O) groups is 2. The van der Waals surface area contributed by atoms with E-state index in [4.69, 9.17) is 4.42 Å². The van der Waals surface area contributed by atoms with Gasteiger partial charge in [0.2, 0.25) is 5.91 Å². The summed E-state index contributed by atoms with van der Waals surface area (Å²) < 4.78 is 5.11. The van der Waals surface area contributed by atoms with Gasteiger partial charge in [-0.05, 0) is 30.2 Å². The molecule has 2 aromatic rings. The van der Waals surface area contributed by atoms with Crippen molar-refractivity contribution in [2.24, 2.45) is 0 Å². The third-order valence-electron chi connectivity index (χ3n) is 3.59. The van der Waals surface area contributed by atoms with Gasteiger partial charge in [-0.15, -0.1) is 0 Å². The van der Waals surface area contributed by atoms with E-state index in [9.17, 15) is 9.59 Å². The molecule has 1 aromatic carbocycles. The first-order valence-corrected chi connectivity index (χ1v) is 7.16. The van der Waals surface area contributed by atoms with E-state index < -0.39 is 6.03 Å². The van der Waals surface area contributed by atoms with Crippen LogP contribution >= 0.6 is 0 Å². The van der Waals surface area contributed by atoms with Crippen molar-refractivity contribution in [3.05, 3.63) is 54.0 Å². The first-order valence-electron chi connectivity index (χ1n) is 7.16. The van der Waals surface area contributed by atoms with E-state index in [1.54, 1.807) is 23.3 Å². The van der Waals surface area contributed by atoms with Crippen LogP contribution in [-0.2, 0) is 17.8 Å². The Kier molecular flexibility index (Phi) is 4.09. The van der Waals surface area contributed by atoms with Crippen molar-refractivity contribution >= 4 is 17.6 Å². The third-order valence-corrected chi connectivity index (χ3v) is 3.59. The summed E-state index contributed by atoms with van der Waals surface area (Å²) in [5, 5.41) is 5.21. The molecule has 2 heterocycles. The van der Waals surface area contributed by atoms with E-state index in [2.05, 4.69) is 10.6 Å². The summed E-state index contributed by atoms with van der Waals surface area (Å²) in [4.78, 5) is 25.6. The van der Waals surface area contributed by atoms with E-state index in [1.165, 1.54) is 0 Å². The molecule has 0 radical (unpaired) electrons. The highest BCUT2D eigenvalue weighted by atomic mass is 16.3. The van der Waals surface area contributed by atoms with Crippen molar-refractivity contribution in [1.29, 1.82) is 0 Å². The minimum atomic E-state index is -0.391. The van der Waals surface area contributed by atoms with Crippen LogP contribution in [0.25, 0.3) is 0 Å². The Hall–Kier alpha value is -2.76. The normalized spacial score (nSPS) is 12.8. The SMILES string of the molecule is O=C(NCC(=O)N1CCc2ccccc21)NCc1ccco1. The molecular formula is C16H17N3O3. The molecule has 1 aliphatic heterocycles. The van der Waals surface area contributed by atoms with Gasteiger partial charge in [0.25, 0.3) is 0 Å². The minimum absolute atomic E-state index is 0.0294. The first-order chi connectivity index (χ1) is 10.7. The molecule has 0 fully saturated rings. The van der Waals surface area contributed by atoms with Gasteiger partial charge >= 0.3 is 6.03 Å². The summed E-state index contributed by atoms with van der Waals surface area (Å²) in [5.74, 6) is 0.549. The number of anilines is 1. The van der Waals surface area contributed by atoms with E-state index in [-0.39, 0.29) is 12.5 Å². The van der Waals surface area contributed by atoms with Crippen LogP contribution in [0.1, 0.15) is 11.3 Å². The fourth-order valence-corrected chi connectivity index (χ4v) is 2.49. The van der Waals surface area contributed by atoms with Crippen LogP contribution in [-0.4, -0.2) is 25.0 Å². The molecule has 2 N–H and O–H groups in total. The molecule has 0 saturated carbocycles. The molecule has 22 heavy (non-hydrogen) atoms. The highest BCUT2D eigenvalue weighted by Crippen LogP contribution is 2.27. The second-order valence-corrected chi connectivity index (χ2v) is 5.04. The molecule has 3 rings (SSSR count). The average molecular weight is 299 g/mol. The standard InChI is InChI=1S/C16H17N3O3/c20-15(19-8-7-12-4-1-2-6-14(12)19)11-18-16(21)17-10-13-5-3-9-22-13/h1-6,9H,7-8,10-11H2,(H2,17,18,21). The van der Waals surface area contributed by atoms with Crippen molar-refractivity contribution in [3.63, 3.8) is 0 Å². The Bertz CT molecular complexity index is 667. The Balaban J connectivity index is 1.47. The van der Waals surface area contributed by atoms with Crippen LogP contribution in [0.15, 0.2) is 47.1 Å². The van der Waals surface area contributed by atoms with Gasteiger partial charge < -0.3 is 20.0 Å². The van der Waals surface area contributed by atoms with E-state index in [0.29, 0.717) is 18.8 Å². The number of benzene rings is 1. The lowest BCUT2D eigenvalue weighted by Crippen LogP contribution is -2.43. The molecule has 1 aliphatic rings. The lowest BCUT2D eigenvalue weighted by atomic mass is 10.2. The monoisotopic (exact) mass is 299 g/mol. The third kappa shape index (κ3) is 3.11. The van der Waals surface area contributed by atoms with Crippen LogP contribution in [0, 0.1) is 0 Å². The summed E-state index contributed by atoms with van der Waals surface area (Å²) in [6.07, 6.45) is 2.40. The van der Waals surface area contributed by atoms with E-state index in [1.807, 2.05) is 24.3 Å². The van der Waals surface area contributed by atoms with Crippen LogP contribution in [0.2, 0.25) is 0 Å². The highest BCUT2D eigenvalue weighted by Gasteiger charge is 2.23. The largest absolute Gasteiger partial charge is 0.467 e. The number of para-hydroxylation sites is 1. The number of nitrogens with one attached hydrogen (secondary N) is 2. The molecule has 114 valence electrons. The van der Waals surface area contributed by atoms with Gasteiger partial charge in [0.05, 0.1) is 19.4 Å². The minimum Gasteiger partial charge on any atom is -0.467 e. The summed E-state index contributed by atoms with van der Waals surface area (Å²) in [6, 6.07) is 11.0. The topological polar surface area (TPSA) is 74.6 Å². The molecule has 0 bridgehead atoms. The lowest BCUT2D eigenvalue weighted by molar-refractivity contribution is -0.117. The average Bonchev–Trinajstić information content (AvgIpc) is 3.19. The molecule has 0 spiro atoms. The number of fused-ring (bicyclic) bond motifs is 1. The Labute approximate surface area is 128 Å². The maximum Gasteiger partial charge on any atom is 0.315 e. The van der Waals surface area contributed by atoms with Gasteiger partial charge in [0.1, 0.15) is 5.76 Å². The molecular weight excluding hydrogens is 282 g/mol. The fourth-order valence-electron chi connectivity index (χ4n) is 2.49. The van der Waals surface area contributed by atoms with Gasteiger partial charge in [0.15, 0.2) is 0 Å². The highest BCUT2D eigenvalue weighted by molar-refractivity contribution is 5.98. The maximum atomic E-state index is 12.2. The Morgan fingerprint density at radius 2 is 2.00 bits per heavy atom. The lowest BCUT2D eigenvalue weighted by Gasteiger charge is -2.17. The zero-order valence-electron chi connectivity index (χ0n) is 12.0. The summed E-state index contributed by atoms with van der Waals surface area (Å²) in [6.45, 7) is 0.922. The number of rotatable bonds is 4. The number of nitrogens with zero attached hydrogens (tertiary/aromatic N) is 1. The van der Waals surface area contributed by atoms with Crippen molar-refractivity contribution in [2.45, 2.75) is 13.0 Å². The maximum absolute atomic E-state index is 12.2. The quantitative estimate of drug-likeness (QED) is 0.902. The molecule has 6 heteroatoms. The first kappa shape index (κ1) is 14.2. The number of hydrogen-bond donors (Lipinski definition) is 2.